The number of likely N-dealkylation sites (N-methyl/N-ethyl adjacent to an activating group) is 1. The van der Waals surface area contributed by atoms with E-state index in [1.54, 1.807) is 11.3 Å². The van der Waals surface area contributed by atoms with Crippen LogP contribution in [-0.2, 0) is 0 Å². The van der Waals surface area contributed by atoms with E-state index in [0.717, 1.165) is 18.8 Å². The smallest absolute Gasteiger partial charge is 0.193 e. The molecule has 0 bridgehead atoms. The number of nitrogens with zero attached hydrogens (tertiary/aromatic N) is 2. The predicted molar refractivity (Wildman–Crippen MR) is 101 cm³/mol. The molecular weight excluding hydrogens is 304 g/mol. The van der Waals surface area contributed by atoms with E-state index in [4.69, 9.17) is 5.73 Å². The topological polar surface area (TPSA) is 53.6 Å². The van der Waals surface area contributed by atoms with Gasteiger partial charge in [0, 0.05) is 5.69 Å². The number of nitrogens with one attached hydrogen (secondary N) is 1. The monoisotopic (exact) mass is 330 g/mol. The minimum absolute atomic E-state index is 0.273. The molecule has 0 aliphatic carbocycles. The van der Waals surface area contributed by atoms with Crippen molar-refractivity contribution < 1.29 is 0 Å². The number of benzene rings is 1. The van der Waals surface area contributed by atoms with Gasteiger partial charge < -0.3 is 11.1 Å². The number of hydrogen-bond acceptors (Lipinski definition) is 3. The molecule has 1 heterocycles. The fourth-order valence-electron chi connectivity index (χ4n) is 2.57. The van der Waals surface area contributed by atoms with Crippen molar-refractivity contribution in [1.29, 1.82) is 0 Å². The molecule has 0 radical (unpaired) electrons. The first-order valence-corrected chi connectivity index (χ1v) is 8.98. The molecule has 5 heteroatoms. The van der Waals surface area contributed by atoms with Crippen molar-refractivity contribution in [2.45, 2.75) is 26.8 Å². The van der Waals surface area contributed by atoms with Gasteiger partial charge in [0.2, 0.25) is 0 Å². The molecule has 0 aliphatic heterocycles. The number of hydrogen-bond donors (Lipinski definition) is 2. The number of anilines is 1. The summed E-state index contributed by atoms with van der Waals surface area (Å²) in [5.41, 5.74) is 9.55. The zero-order valence-electron chi connectivity index (χ0n) is 14.1. The van der Waals surface area contributed by atoms with Crippen LogP contribution in [0.1, 0.15) is 31.0 Å². The molecule has 0 saturated heterocycles. The molecule has 1 atom stereocenters. The summed E-state index contributed by atoms with van der Waals surface area (Å²) in [6, 6.07) is 10.6. The standard InChI is InChI=1S/C18H26N4S/c1-4-22(5-2)17(15-10-11-23-13-15)12-20-18(19)21-16-8-6-14(3)7-9-16/h6-11,13,17H,4-5,12H2,1-3H3,(H3,19,20,21). The van der Waals surface area contributed by atoms with Crippen LogP contribution >= 0.6 is 11.3 Å². The molecule has 1 aromatic carbocycles. The number of aryl methyl sites for hydroxylation is 1. The fourth-order valence-corrected chi connectivity index (χ4v) is 3.28. The number of thiophene rings is 1. The highest BCUT2D eigenvalue weighted by atomic mass is 32.1. The van der Waals surface area contributed by atoms with Crippen molar-refractivity contribution >= 4 is 23.0 Å². The lowest BCUT2D eigenvalue weighted by atomic mass is 10.1. The summed E-state index contributed by atoms with van der Waals surface area (Å²) >= 11 is 1.72. The van der Waals surface area contributed by atoms with Gasteiger partial charge in [-0.15, -0.1) is 0 Å². The fraction of sp³-hybridized carbons (Fsp3) is 0.389. The van der Waals surface area contributed by atoms with Gasteiger partial charge in [-0.2, -0.15) is 11.3 Å². The van der Waals surface area contributed by atoms with Gasteiger partial charge in [-0.1, -0.05) is 31.5 Å². The van der Waals surface area contributed by atoms with E-state index in [2.05, 4.69) is 64.9 Å². The lowest BCUT2D eigenvalue weighted by Gasteiger charge is -2.28. The van der Waals surface area contributed by atoms with Gasteiger partial charge in [0.05, 0.1) is 12.6 Å². The molecule has 124 valence electrons. The van der Waals surface area contributed by atoms with Gasteiger partial charge in [-0.25, -0.2) is 0 Å². The minimum Gasteiger partial charge on any atom is -0.370 e. The Hall–Kier alpha value is -1.85. The Morgan fingerprint density at radius 2 is 1.91 bits per heavy atom. The summed E-state index contributed by atoms with van der Waals surface area (Å²) in [4.78, 5) is 6.97. The zero-order valence-corrected chi connectivity index (χ0v) is 14.9. The van der Waals surface area contributed by atoms with Crippen molar-refractivity contribution in [3.05, 3.63) is 52.2 Å². The molecule has 0 aliphatic rings. The predicted octanol–water partition coefficient (Wildman–Crippen LogP) is 3.87. The minimum atomic E-state index is 0.273. The highest BCUT2D eigenvalue weighted by Crippen LogP contribution is 2.23. The van der Waals surface area contributed by atoms with E-state index >= 15 is 0 Å². The van der Waals surface area contributed by atoms with E-state index in [9.17, 15) is 0 Å². The first-order valence-electron chi connectivity index (χ1n) is 8.03. The Labute approximate surface area is 143 Å². The molecule has 0 spiro atoms. The quantitative estimate of drug-likeness (QED) is 0.598. The molecule has 0 saturated carbocycles. The summed E-state index contributed by atoms with van der Waals surface area (Å²) in [6.45, 7) is 9.08. The molecule has 23 heavy (non-hydrogen) atoms. The Balaban J connectivity index is 2.05. The maximum absolute atomic E-state index is 6.05. The van der Waals surface area contributed by atoms with E-state index in [1.165, 1.54) is 11.1 Å². The van der Waals surface area contributed by atoms with Crippen LogP contribution in [0.15, 0.2) is 46.1 Å². The Morgan fingerprint density at radius 3 is 2.48 bits per heavy atom. The second kappa shape index (κ2) is 8.70. The van der Waals surface area contributed by atoms with Crippen LogP contribution < -0.4 is 11.1 Å². The molecule has 0 fully saturated rings. The first kappa shape index (κ1) is 17.5. The van der Waals surface area contributed by atoms with Crippen molar-refractivity contribution in [2.75, 3.05) is 25.0 Å². The Morgan fingerprint density at radius 1 is 1.22 bits per heavy atom. The highest BCUT2D eigenvalue weighted by Gasteiger charge is 2.18. The van der Waals surface area contributed by atoms with Crippen LogP contribution in [0.4, 0.5) is 5.69 Å². The third-order valence-electron chi connectivity index (χ3n) is 3.94. The van der Waals surface area contributed by atoms with Crippen LogP contribution in [0.25, 0.3) is 0 Å². The van der Waals surface area contributed by atoms with Crippen molar-refractivity contribution in [2.24, 2.45) is 10.7 Å². The van der Waals surface area contributed by atoms with Crippen LogP contribution in [0.5, 0.6) is 0 Å². The number of rotatable bonds is 7. The second-order valence-electron chi connectivity index (χ2n) is 5.51. The summed E-state index contributed by atoms with van der Waals surface area (Å²) in [5, 5.41) is 7.47. The molecule has 0 amide bonds. The summed E-state index contributed by atoms with van der Waals surface area (Å²) in [6.07, 6.45) is 0. The third-order valence-corrected chi connectivity index (χ3v) is 4.64. The summed E-state index contributed by atoms with van der Waals surface area (Å²) in [7, 11) is 0. The van der Waals surface area contributed by atoms with Gasteiger partial charge in [0.15, 0.2) is 5.96 Å². The average Bonchev–Trinajstić information content (AvgIpc) is 3.08. The normalized spacial score (nSPS) is 13.3. The van der Waals surface area contributed by atoms with Gasteiger partial charge in [0.1, 0.15) is 0 Å². The molecule has 2 aromatic rings. The SMILES string of the molecule is CCN(CC)C(CN=C(N)Nc1ccc(C)cc1)c1ccsc1. The van der Waals surface area contributed by atoms with Crippen LogP contribution in [-0.4, -0.2) is 30.5 Å². The Bertz CT molecular complexity index is 600. The second-order valence-corrected chi connectivity index (χ2v) is 6.29. The number of guanidine groups is 1. The molecule has 1 unspecified atom stereocenters. The van der Waals surface area contributed by atoms with E-state index < -0.39 is 0 Å². The van der Waals surface area contributed by atoms with Gasteiger partial charge in [0.25, 0.3) is 0 Å². The van der Waals surface area contributed by atoms with Gasteiger partial charge in [-0.3, -0.25) is 9.89 Å². The Kier molecular flexibility index (Phi) is 6.62. The molecule has 1 aromatic heterocycles. The van der Waals surface area contributed by atoms with Crippen LogP contribution in [0.2, 0.25) is 0 Å². The largest absolute Gasteiger partial charge is 0.370 e. The van der Waals surface area contributed by atoms with E-state index in [-0.39, 0.29) is 6.04 Å². The lowest BCUT2D eigenvalue weighted by Crippen LogP contribution is -2.31. The molecular formula is C18H26N4S. The molecule has 2 rings (SSSR count). The highest BCUT2D eigenvalue weighted by molar-refractivity contribution is 7.07. The molecule has 4 nitrogen and oxygen atoms in total. The van der Waals surface area contributed by atoms with Crippen molar-refractivity contribution in [3.63, 3.8) is 0 Å². The van der Waals surface area contributed by atoms with Gasteiger partial charge in [-0.05, 0) is 54.5 Å². The van der Waals surface area contributed by atoms with Crippen LogP contribution in [0, 0.1) is 6.92 Å². The lowest BCUT2D eigenvalue weighted by molar-refractivity contribution is 0.225. The zero-order chi connectivity index (χ0) is 16.7. The average molecular weight is 331 g/mol. The third kappa shape index (κ3) is 5.08. The van der Waals surface area contributed by atoms with Crippen molar-refractivity contribution in [1.82, 2.24) is 4.90 Å². The summed E-state index contributed by atoms with van der Waals surface area (Å²) in [5.74, 6) is 0.459. The molecule has 3 N–H and O–H groups in total. The van der Waals surface area contributed by atoms with E-state index in [0.29, 0.717) is 12.5 Å². The number of nitrogens with two attached hydrogens (primary N) is 1. The summed E-state index contributed by atoms with van der Waals surface area (Å²) < 4.78 is 0. The van der Waals surface area contributed by atoms with Crippen LogP contribution in [0.3, 0.4) is 0 Å². The first-order chi connectivity index (χ1) is 11.1. The maximum atomic E-state index is 6.05. The van der Waals surface area contributed by atoms with E-state index in [1.807, 2.05) is 12.1 Å². The van der Waals surface area contributed by atoms with Gasteiger partial charge >= 0.3 is 0 Å². The number of aliphatic imine (C=N–C) groups is 1. The maximum Gasteiger partial charge on any atom is 0.193 e. The van der Waals surface area contributed by atoms with Crippen molar-refractivity contribution in [3.8, 4) is 0 Å².